The van der Waals surface area contributed by atoms with Gasteiger partial charge in [-0.05, 0) is 31.3 Å². The minimum Gasteiger partial charge on any atom is -0.491 e. The van der Waals surface area contributed by atoms with Crippen LogP contribution in [0.1, 0.15) is 31.3 Å². The van der Waals surface area contributed by atoms with Gasteiger partial charge in [0.25, 0.3) is 0 Å². The average Bonchev–Trinajstić information content (AvgIpc) is 2.94. The highest BCUT2D eigenvalue weighted by atomic mass is 16.5. The summed E-state index contributed by atoms with van der Waals surface area (Å²) >= 11 is 0. The second-order valence-electron chi connectivity index (χ2n) is 7.46. The first-order valence-electron chi connectivity index (χ1n) is 8.34. The molecule has 2 heterocycles. The molecule has 1 fully saturated rings. The van der Waals surface area contributed by atoms with Crippen LogP contribution in [-0.4, -0.2) is 50.1 Å². The molecule has 5 nitrogen and oxygen atoms in total. The Morgan fingerprint density at radius 1 is 1.33 bits per heavy atom. The van der Waals surface area contributed by atoms with Gasteiger partial charge < -0.3 is 18.8 Å². The van der Waals surface area contributed by atoms with Crippen molar-refractivity contribution in [2.24, 2.45) is 5.41 Å². The van der Waals surface area contributed by atoms with E-state index in [0.717, 1.165) is 30.8 Å². The molecular formula is C19H25NO4. The van der Waals surface area contributed by atoms with Crippen molar-refractivity contribution >= 4 is 16.8 Å². The molecule has 130 valence electrons. The third-order valence-electron chi connectivity index (χ3n) is 4.17. The molecule has 3 rings (SSSR count). The van der Waals surface area contributed by atoms with Gasteiger partial charge in [-0.25, -0.2) is 0 Å². The van der Waals surface area contributed by atoms with Crippen molar-refractivity contribution in [1.29, 1.82) is 0 Å². The Bertz CT molecular complexity index is 729. The van der Waals surface area contributed by atoms with E-state index in [1.54, 1.807) is 6.07 Å². The molecule has 0 amide bonds. The lowest BCUT2D eigenvalue weighted by Crippen LogP contribution is -2.42. The maximum absolute atomic E-state index is 12.3. The lowest BCUT2D eigenvalue weighted by Gasteiger charge is -2.29. The fourth-order valence-electron chi connectivity index (χ4n) is 2.75. The van der Waals surface area contributed by atoms with Crippen LogP contribution in [-0.2, 0) is 4.74 Å². The third-order valence-corrected chi connectivity index (χ3v) is 4.17. The van der Waals surface area contributed by atoms with Crippen molar-refractivity contribution in [3.8, 4) is 5.75 Å². The number of ether oxygens (including phenoxy) is 2. The van der Waals surface area contributed by atoms with Crippen LogP contribution in [0.2, 0.25) is 0 Å². The lowest BCUT2D eigenvalue weighted by molar-refractivity contribution is -0.0403. The number of ketones is 1. The summed E-state index contributed by atoms with van der Waals surface area (Å²) < 4.78 is 17.2. The number of furan rings is 1. The van der Waals surface area contributed by atoms with Gasteiger partial charge in [-0.1, -0.05) is 20.8 Å². The summed E-state index contributed by atoms with van der Waals surface area (Å²) in [5.74, 6) is 1.15. The Balaban J connectivity index is 1.70. The molecule has 1 aromatic carbocycles. The van der Waals surface area contributed by atoms with Crippen LogP contribution in [0, 0.1) is 5.41 Å². The van der Waals surface area contributed by atoms with E-state index in [1.807, 2.05) is 39.0 Å². The molecule has 2 aromatic rings. The Labute approximate surface area is 142 Å². The Morgan fingerprint density at radius 3 is 2.83 bits per heavy atom. The molecule has 0 N–H and O–H groups in total. The van der Waals surface area contributed by atoms with Crippen molar-refractivity contribution in [1.82, 2.24) is 4.90 Å². The molecule has 24 heavy (non-hydrogen) atoms. The maximum atomic E-state index is 12.3. The number of benzene rings is 1. The number of morpholine rings is 1. The standard InChI is InChI=1S/C19H25NO4/c1-19(2,3)18(21)17-10-13-9-14(5-6-16(13)24-17)23-12-15-11-20(4)7-8-22-15/h5-6,9-10,15H,7-8,11-12H2,1-4H3/t15-/m0/s1. The third kappa shape index (κ3) is 3.79. The zero-order valence-corrected chi connectivity index (χ0v) is 14.8. The second-order valence-corrected chi connectivity index (χ2v) is 7.46. The summed E-state index contributed by atoms with van der Waals surface area (Å²) in [7, 11) is 2.08. The van der Waals surface area contributed by atoms with E-state index in [1.165, 1.54) is 0 Å². The van der Waals surface area contributed by atoms with Gasteiger partial charge in [-0.2, -0.15) is 0 Å². The molecule has 1 aromatic heterocycles. The molecule has 0 saturated carbocycles. The van der Waals surface area contributed by atoms with Gasteiger partial charge in [0.15, 0.2) is 5.76 Å². The average molecular weight is 331 g/mol. The summed E-state index contributed by atoms with van der Waals surface area (Å²) in [6.45, 7) is 8.75. The predicted octanol–water partition coefficient (Wildman–Crippen LogP) is 3.37. The van der Waals surface area contributed by atoms with Crippen LogP contribution in [0.15, 0.2) is 28.7 Å². The Hall–Kier alpha value is -1.85. The number of nitrogens with zero attached hydrogens (tertiary/aromatic N) is 1. The van der Waals surface area contributed by atoms with E-state index in [-0.39, 0.29) is 11.9 Å². The molecule has 1 aliphatic rings. The van der Waals surface area contributed by atoms with Gasteiger partial charge >= 0.3 is 0 Å². The fourth-order valence-corrected chi connectivity index (χ4v) is 2.75. The van der Waals surface area contributed by atoms with Crippen LogP contribution in [0.5, 0.6) is 5.75 Å². The minimum absolute atomic E-state index is 0.000175. The summed E-state index contributed by atoms with van der Waals surface area (Å²) in [6, 6.07) is 7.41. The van der Waals surface area contributed by atoms with E-state index < -0.39 is 5.41 Å². The quantitative estimate of drug-likeness (QED) is 0.804. The highest BCUT2D eigenvalue weighted by Crippen LogP contribution is 2.28. The van der Waals surface area contributed by atoms with Gasteiger partial charge in [-0.15, -0.1) is 0 Å². The summed E-state index contributed by atoms with van der Waals surface area (Å²) in [5, 5.41) is 0.877. The monoisotopic (exact) mass is 331 g/mol. The van der Waals surface area contributed by atoms with E-state index in [9.17, 15) is 4.79 Å². The normalized spacial score (nSPS) is 19.6. The predicted molar refractivity (Wildman–Crippen MR) is 92.7 cm³/mol. The van der Waals surface area contributed by atoms with Gasteiger partial charge in [-0.3, -0.25) is 4.79 Å². The maximum Gasteiger partial charge on any atom is 0.203 e. The minimum atomic E-state index is -0.461. The van der Waals surface area contributed by atoms with Crippen molar-refractivity contribution in [2.45, 2.75) is 26.9 Å². The summed E-state index contributed by atoms with van der Waals surface area (Å²) in [4.78, 5) is 14.6. The highest BCUT2D eigenvalue weighted by Gasteiger charge is 2.26. The van der Waals surface area contributed by atoms with Crippen molar-refractivity contribution in [2.75, 3.05) is 33.4 Å². The Morgan fingerprint density at radius 2 is 2.12 bits per heavy atom. The molecule has 1 saturated heterocycles. The zero-order chi connectivity index (χ0) is 17.3. The van der Waals surface area contributed by atoms with Crippen molar-refractivity contribution < 1.29 is 18.7 Å². The fraction of sp³-hybridized carbons (Fsp3) is 0.526. The number of carbonyl (C=O) groups is 1. The van der Waals surface area contributed by atoms with E-state index in [0.29, 0.717) is 18.0 Å². The number of carbonyl (C=O) groups excluding carboxylic acids is 1. The van der Waals surface area contributed by atoms with Crippen LogP contribution in [0.3, 0.4) is 0 Å². The molecular weight excluding hydrogens is 306 g/mol. The molecule has 0 unspecified atom stereocenters. The van der Waals surface area contributed by atoms with Crippen molar-refractivity contribution in [3.05, 3.63) is 30.0 Å². The van der Waals surface area contributed by atoms with Crippen LogP contribution >= 0.6 is 0 Å². The van der Waals surface area contributed by atoms with Gasteiger partial charge in [0.05, 0.1) is 6.61 Å². The van der Waals surface area contributed by atoms with E-state index in [2.05, 4.69) is 11.9 Å². The number of likely N-dealkylation sites (N-methyl/N-ethyl adjacent to an activating group) is 1. The van der Waals surface area contributed by atoms with Gasteiger partial charge in [0.1, 0.15) is 24.0 Å². The molecule has 1 aliphatic heterocycles. The van der Waals surface area contributed by atoms with Crippen LogP contribution in [0.4, 0.5) is 0 Å². The molecule has 0 radical (unpaired) electrons. The smallest absolute Gasteiger partial charge is 0.203 e. The number of fused-ring (bicyclic) bond motifs is 1. The van der Waals surface area contributed by atoms with E-state index in [4.69, 9.17) is 13.9 Å². The molecule has 5 heteroatoms. The first-order valence-corrected chi connectivity index (χ1v) is 8.34. The molecule has 0 aliphatic carbocycles. The SMILES string of the molecule is CN1CCO[C@H](COc2ccc3oc(C(=O)C(C)(C)C)cc3c2)C1. The second kappa shape index (κ2) is 6.57. The number of Topliss-reactive ketones (excluding diaryl/α,β-unsaturated/α-hetero) is 1. The number of hydrogen-bond donors (Lipinski definition) is 0. The number of hydrogen-bond acceptors (Lipinski definition) is 5. The van der Waals surface area contributed by atoms with E-state index >= 15 is 0 Å². The molecule has 0 bridgehead atoms. The topological polar surface area (TPSA) is 51.9 Å². The lowest BCUT2D eigenvalue weighted by atomic mass is 9.89. The Kier molecular flexibility index (Phi) is 4.65. The van der Waals surface area contributed by atoms with Gasteiger partial charge in [0.2, 0.25) is 5.78 Å². The highest BCUT2D eigenvalue weighted by molar-refractivity contribution is 6.00. The van der Waals surface area contributed by atoms with Crippen LogP contribution < -0.4 is 4.74 Å². The van der Waals surface area contributed by atoms with Crippen LogP contribution in [0.25, 0.3) is 11.0 Å². The zero-order valence-electron chi connectivity index (χ0n) is 14.8. The van der Waals surface area contributed by atoms with Gasteiger partial charge in [0, 0.05) is 23.9 Å². The molecule has 0 spiro atoms. The van der Waals surface area contributed by atoms with Crippen molar-refractivity contribution in [3.63, 3.8) is 0 Å². The largest absolute Gasteiger partial charge is 0.491 e. The summed E-state index contributed by atoms with van der Waals surface area (Å²) in [6.07, 6.45) is 0.0850. The number of rotatable bonds is 4. The summed E-state index contributed by atoms with van der Waals surface area (Å²) in [5.41, 5.74) is 0.237. The molecule has 1 atom stereocenters. The first kappa shape index (κ1) is 17.0. The first-order chi connectivity index (χ1) is 11.3.